The van der Waals surface area contributed by atoms with Crippen molar-refractivity contribution in [3.63, 3.8) is 0 Å². The molecule has 0 unspecified atom stereocenters. The molecule has 0 aliphatic heterocycles. The lowest BCUT2D eigenvalue weighted by atomic mass is 9.99. The van der Waals surface area contributed by atoms with E-state index in [9.17, 15) is 14.4 Å². The van der Waals surface area contributed by atoms with E-state index in [1.54, 1.807) is 25.7 Å². The van der Waals surface area contributed by atoms with Crippen molar-refractivity contribution in [2.45, 2.75) is 47.6 Å². The quantitative estimate of drug-likeness (QED) is 0.644. The van der Waals surface area contributed by atoms with Crippen molar-refractivity contribution < 1.29 is 19.1 Å². The van der Waals surface area contributed by atoms with E-state index >= 15 is 0 Å². The molecule has 128 valence electrons. The van der Waals surface area contributed by atoms with Gasteiger partial charge in [-0.15, -0.1) is 0 Å². The molecule has 0 bridgehead atoms. The highest BCUT2D eigenvalue weighted by Crippen LogP contribution is 2.22. The summed E-state index contributed by atoms with van der Waals surface area (Å²) in [7, 11) is 1.29. The highest BCUT2D eigenvalue weighted by molar-refractivity contribution is 6.06. The highest BCUT2D eigenvalue weighted by Gasteiger charge is 2.31. The van der Waals surface area contributed by atoms with Gasteiger partial charge in [-0.05, 0) is 33.3 Å². The number of H-pyrrole nitrogens is 1. The Morgan fingerprint density at radius 3 is 2.17 bits per heavy atom. The Labute approximate surface area is 137 Å². The van der Waals surface area contributed by atoms with Crippen LogP contribution in [0, 0.1) is 19.8 Å². The molecule has 1 aromatic heterocycles. The largest absolute Gasteiger partial charge is 0.464 e. The summed E-state index contributed by atoms with van der Waals surface area (Å²) in [6, 6.07) is -0.589. The zero-order valence-electron chi connectivity index (χ0n) is 14.9. The average Bonchev–Trinajstić information content (AvgIpc) is 2.80. The molecule has 6 nitrogen and oxygen atoms in total. The molecule has 0 spiro atoms. The first-order valence-corrected chi connectivity index (χ1v) is 7.79. The van der Waals surface area contributed by atoms with Crippen molar-refractivity contribution in [1.82, 2.24) is 9.88 Å². The fraction of sp³-hybridized carbons (Fsp3) is 0.588. The van der Waals surface area contributed by atoms with Crippen LogP contribution in [0.4, 0.5) is 0 Å². The maximum absolute atomic E-state index is 12.9. The molecular formula is C17H26N2O4. The van der Waals surface area contributed by atoms with Gasteiger partial charge >= 0.3 is 5.97 Å². The van der Waals surface area contributed by atoms with Crippen molar-refractivity contribution in [2.75, 3.05) is 13.7 Å². The molecule has 1 aromatic rings. The minimum Gasteiger partial charge on any atom is -0.464 e. The second kappa shape index (κ2) is 7.44. The summed E-state index contributed by atoms with van der Waals surface area (Å²) in [5.74, 6) is -0.929. The van der Waals surface area contributed by atoms with Gasteiger partial charge in [0.05, 0.1) is 13.2 Å². The van der Waals surface area contributed by atoms with Crippen molar-refractivity contribution in [3.05, 3.63) is 22.5 Å². The molecule has 0 aromatic carbocycles. The van der Waals surface area contributed by atoms with Crippen molar-refractivity contribution >= 4 is 17.7 Å². The zero-order chi connectivity index (χ0) is 17.9. The maximum Gasteiger partial charge on any atom is 0.354 e. The summed E-state index contributed by atoms with van der Waals surface area (Å²) in [4.78, 5) is 41.4. The van der Waals surface area contributed by atoms with Crippen LogP contribution in [0.15, 0.2) is 0 Å². The number of esters is 1. The number of hydrogen-bond donors (Lipinski definition) is 1. The molecule has 1 N–H and O–H groups in total. The van der Waals surface area contributed by atoms with Crippen LogP contribution in [0.3, 0.4) is 0 Å². The van der Waals surface area contributed by atoms with Crippen molar-refractivity contribution in [1.29, 1.82) is 0 Å². The standard InChI is InChI=1S/C17H26N2O4/c1-8-19(16(21)9(2)3)12(6)15(20)13-10(4)14(17(22)23-7)18-11(13)5/h9,12,18H,8H2,1-7H3/t12-/m1/s1. The summed E-state index contributed by atoms with van der Waals surface area (Å²) in [6.45, 7) is 11.1. The number of methoxy groups -OCH3 is 1. The second-order valence-electron chi connectivity index (χ2n) is 5.94. The van der Waals surface area contributed by atoms with Crippen LogP contribution in [0.5, 0.6) is 0 Å². The van der Waals surface area contributed by atoms with Gasteiger partial charge in [0.1, 0.15) is 5.69 Å². The van der Waals surface area contributed by atoms with Crippen LogP contribution in [-0.2, 0) is 9.53 Å². The topological polar surface area (TPSA) is 79.5 Å². The Kier molecular flexibility index (Phi) is 6.12. The lowest BCUT2D eigenvalue weighted by Crippen LogP contribution is -2.45. The van der Waals surface area contributed by atoms with E-state index in [1.165, 1.54) is 7.11 Å². The molecule has 0 radical (unpaired) electrons. The fourth-order valence-electron chi connectivity index (χ4n) is 2.73. The number of nitrogens with zero attached hydrogens (tertiary/aromatic N) is 1. The summed E-state index contributed by atoms with van der Waals surface area (Å²) < 4.78 is 4.72. The van der Waals surface area contributed by atoms with E-state index < -0.39 is 12.0 Å². The van der Waals surface area contributed by atoms with Gasteiger partial charge in [-0.25, -0.2) is 4.79 Å². The van der Waals surface area contributed by atoms with E-state index in [4.69, 9.17) is 4.74 Å². The maximum atomic E-state index is 12.9. The third kappa shape index (κ3) is 3.63. The SMILES string of the molecule is CCN(C(=O)C(C)C)[C@H](C)C(=O)c1c(C)[nH]c(C(=O)OC)c1C. The normalized spacial score (nSPS) is 12.2. The second-order valence-corrected chi connectivity index (χ2v) is 5.94. The molecule has 0 fully saturated rings. The molecule has 0 aliphatic rings. The Balaban J connectivity index is 3.21. The number of ether oxygens (including phenoxy) is 1. The summed E-state index contributed by atoms with van der Waals surface area (Å²) >= 11 is 0. The van der Waals surface area contributed by atoms with Gasteiger partial charge < -0.3 is 14.6 Å². The number of nitrogens with one attached hydrogen (secondary N) is 1. The van der Waals surface area contributed by atoms with Gasteiger partial charge in [-0.3, -0.25) is 9.59 Å². The van der Waals surface area contributed by atoms with Gasteiger partial charge in [-0.1, -0.05) is 13.8 Å². The Hall–Kier alpha value is -2.11. The zero-order valence-corrected chi connectivity index (χ0v) is 14.9. The number of likely N-dealkylation sites (N-methyl/N-ethyl adjacent to an activating group) is 1. The van der Waals surface area contributed by atoms with Crippen LogP contribution in [-0.4, -0.2) is 47.2 Å². The number of ketones is 1. The van der Waals surface area contributed by atoms with Crippen molar-refractivity contribution in [2.24, 2.45) is 5.92 Å². The van der Waals surface area contributed by atoms with Crippen LogP contribution in [0.25, 0.3) is 0 Å². The summed E-state index contributed by atoms with van der Waals surface area (Å²) in [6.07, 6.45) is 0. The highest BCUT2D eigenvalue weighted by atomic mass is 16.5. The van der Waals surface area contributed by atoms with E-state index in [0.29, 0.717) is 23.4 Å². The predicted octanol–water partition coefficient (Wildman–Crippen LogP) is 2.49. The molecule has 0 saturated carbocycles. The van der Waals surface area contributed by atoms with Crippen LogP contribution < -0.4 is 0 Å². The van der Waals surface area contributed by atoms with Gasteiger partial charge in [0.25, 0.3) is 0 Å². The van der Waals surface area contributed by atoms with Gasteiger partial charge in [0, 0.05) is 23.7 Å². The molecule has 0 saturated heterocycles. The average molecular weight is 322 g/mol. The minimum absolute atomic E-state index is 0.0626. The number of hydrogen-bond acceptors (Lipinski definition) is 4. The molecule has 23 heavy (non-hydrogen) atoms. The number of aromatic nitrogens is 1. The Morgan fingerprint density at radius 1 is 1.17 bits per heavy atom. The van der Waals surface area contributed by atoms with Gasteiger partial charge in [-0.2, -0.15) is 0 Å². The number of aromatic amines is 1. The van der Waals surface area contributed by atoms with E-state index in [1.807, 2.05) is 20.8 Å². The number of aryl methyl sites for hydroxylation is 1. The third-order valence-electron chi connectivity index (χ3n) is 4.04. The first-order valence-electron chi connectivity index (χ1n) is 7.79. The fourth-order valence-corrected chi connectivity index (χ4v) is 2.73. The molecule has 1 heterocycles. The van der Waals surface area contributed by atoms with Crippen LogP contribution >= 0.6 is 0 Å². The number of rotatable bonds is 6. The number of Topliss-reactive ketones (excluding diaryl/α,β-unsaturated/α-hetero) is 1. The van der Waals surface area contributed by atoms with E-state index in [2.05, 4.69) is 4.98 Å². The lowest BCUT2D eigenvalue weighted by molar-refractivity contribution is -0.135. The van der Waals surface area contributed by atoms with E-state index in [0.717, 1.165) is 0 Å². The molecule has 6 heteroatoms. The predicted molar refractivity (Wildman–Crippen MR) is 87.6 cm³/mol. The van der Waals surface area contributed by atoms with Crippen molar-refractivity contribution in [3.8, 4) is 0 Å². The van der Waals surface area contributed by atoms with Crippen LogP contribution in [0.2, 0.25) is 0 Å². The first-order chi connectivity index (χ1) is 10.7. The third-order valence-corrected chi connectivity index (χ3v) is 4.04. The lowest BCUT2D eigenvalue weighted by Gasteiger charge is -2.29. The molecule has 0 aliphatic carbocycles. The van der Waals surface area contributed by atoms with Gasteiger partial charge in [0.15, 0.2) is 5.78 Å². The molecular weight excluding hydrogens is 296 g/mol. The van der Waals surface area contributed by atoms with E-state index in [-0.39, 0.29) is 23.3 Å². The first kappa shape index (κ1) is 18.9. The Morgan fingerprint density at radius 2 is 1.74 bits per heavy atom. The summed E-state index contributed by atoms with van der Waals surface area (Å²) in [5, 5.41) is 0. The molecule has 1 atom stereocenters. The van der Waals surface area contributed by atoms with Gasteiger partial charge in [0.2, 0.25) is 5.91 Å². The number of amides is 1. The number of carbonyl (C=O) groups is 3. The molecule has 1 amide bonds. The Bertz CT molecular complexity index is 616. The smallest absolute Gasteiger partial charge is 0.354 e. The molecule has 1 rings (SSSR count). The monoisotopic (exact) mass is 322 g/mol. The number of carbonyl (C=O) groups excluding carboxylic acids is 3. The summed E-state index contributed by atoms with van der Waals surface area (Å²) in [5.41, 5.74) is 1.89. The van der Waals surface area contributed by atoms with Crippen LogP contribution in [0.1, 0.15) is 59.8 Å². The minimum atomic E-state index is -0.589.